The fourth-order valence-corrected chi connectivity index (χ4v) is 3.91. The minimum Gasteiger partial charge on any atom is -0.508 e. The van der Waals surface area contributed by atoms with Crippen LogP contribution in [0.25, 0.3) is 11.0 Å². The van der Waals surface area contributed by atoms with Gasteiger partial charge in [-0.05, 0) is 48.5 Å². The van der Waals surface area contributed by atoms with E-state index in [-0.39, 0.29) is 17.3 Å². The molecule has 0 aliphatic heterocycles. The zero-order valence-electron chi connectivity index (χ0n) is 16.5. The quantitative estimate of drug-likeness (QED) is 0.185. The van der Waals surface area contributed by atoms with Gasteiger partial charge in [0.25, 0.3) is 11.6 Å². The lowest BCUT2D eigenvalue weighted by atomic mass is 10.2. The first-order valence-electron chi connectivity index (χ1n) is 9.43. The highest BCUT2D eigenvalue weighted by Gasteiger charge is 2.11. The highest BCUT2D eigenvalue weighted by Crippen LogP contribution is 2.26. The monoisotopic (exact) mass is 448 g/mol. The van der Waals surface area contributed by atoms with Gasteiger partial charge in [0.2, 0.25) is 0 Å². The van der Waals surface area contributed by atoms with Crippen molar-refractivity contribution in [3.05, 3.63) is 104 Å². The number of benzene rings is 3. The third kappa shape index (κ3) is 4.79. The van der Waals surface area contributed by atoms with Crippen molar-refractivity contribution in [1.82, 2.24) is 0 Å². The summed E-state index contributed by atoms with van der Waals surface area (Å²) in [5.74, 6) is -0.00494. The fraction of sp³-hybridized carbons (Fsp3) is 0.0435. The van der Waals surface area contributed by atoms with Gasteiger partial charge >= 0.3 is 5.63 Å². The lowest BCUT2D eigenvalue weighted by molar-refractivity contribution is -0.384. The molecule has 0 fully saturated rings. The Morgan fingerprint density at radius 3 is 2.59 bits per heavy atom. The number of phenolic OH excluding ortho intramolecular Hbond substituents is 1. The Balaban J connectivity index is 1.45. The molecule has 0 aliphatic rings. The number of hydrogen-bond donors (Lipinski definition) is 2. The Labute approximate surface area is 185 Å². The van der Waals surface area contributed by atoms with Crippen LogP contribution in [0.15, 0.2) is 86.9 Å². The third-order valence-electron chi connectivity index (χ3n) is 4.62. The first kappa shape index (κ1) is 21.1. The minimum atomic E-state index is -0.525. The van der Waals surface area contributed by atoms with Crippen LogP contribution in [0.4, 0.5) is 11.4 Å². The smallest absolute Gasteiger partial charge is 0.340 e. The first-order valence-corrected chi connectivity index (χ1v) is 10.4. The number of nitro benzene ring substituents is 1. The molecule has 0 unspecified atom stereocenters. The van der Waals surface area contributed by atoms with E-state index in [1.54, 1.807) is 30.3 Å². The van der Waals surface area contributed by atoms with Gasteiger partial charge in [-0.15, -0.1) is 11.8 Å². The number of carbonyl (C=O) groups is 1. The largest absolute Gasteiger partial charge is 0.508 e. The second-order valence-electron chi connectivity index (χ2n) is 6.86. The number of nitro groups is 1. The van der Waals surface area contributed by atoms with Crippen molar-refractivity contribution in [3.8, 4) is 5.75 Å². The normalized spacial score (nSPS) is 10.8. The molecule has 9 heteroatoms. The molecule has 2 N–H and O–H groups in total. The number of anilines is 1. The fourth-order valence-electron chi connectivity index (χ4n) is 3.01. The summed E-state index contributed by atoms with van der Waals surface area (Å²) in [6.45, 7) is 0. The van der Waals surface area contributed by atoms with Crippen molar-refractivity contribution >= 4 is 40.0 Å². The van der Waals surface area contributed by atoms with E-state index < -0.39 is 10.5 Å². The number of nitrogens with one attached hydrogen (secondary N) is 1. The molecule has 32 heavy (non-hydrogen) atoms. The van der Waals surface area contributed by atoms with Gasteiger partial charge in [0.15, 0.2) is 0 Å². The van der Waals surface area contributed by atoms with Crippen molar-refractivity contribution < 1.29 is 19.2 Å². The van der Waals surface area contributed by atoms with E-state index in [0.717, 1.165) is 4.90 Å². The molecule has 0 atom stereocenters. The molecule has 1 amide bonds. The molecule has 8 nitrogen and oxygen atoms in total. The number of fused-ring (bicyclic) bond motifs is 1. The molecule has 4 aromatic rings. The Bertz CT molecular complexity index is 1380. The number of non-ortho nitro benzene ring substituents is 1. The first-order chi connectivity index (χ1) is 15.4. The molecule has 0 aliphatic carbocycles. The highest BCUT2D eigenvalue weighted by molar-refractivity contribution is 7.98. The van der Waals surface area contributed by atoms with Gasteiger partial charge in [-0.2, -0.15) is 0 Å². The molecule has 1 aromatic heterocycles. The van der Waals surface area contributed by atoms with Crippen LogP contribution in [0.2, 0.25) is 0 Å². The van der Waals surface area contributed by atoms with Crippen LogP contribution in [-0.4, -0.2) is 15.9 Å². The molecule has 3 aromatic carbocycles. The van der Waals surface area contributed by atoms with Crippen molar-refractivity contribution in [2.75, 3.05) is 5.32 Å². The van der Waals surface area contributed by atoms with E-state index in [1.165, 1.54) is 48.2 Å². The molecular weight excluding hydrogens is 432 g/mol. The summed E-state index contributed by atoms with van der Waals surface area (Å²) in [6.07, 6.45) is 0. The summed E-state index contributed by atoms with van der Waals surface area (Å²) in [5, 5.41) is 23.7. The Morgan fingerprint density at radius 1 is 1.06 bits per heavy atom. The molecule has 0 saturated heterocycles. The molecular formula is C23H16N2O6S. The average molecular weight is 448 g/mol. The number of phenols is 1. The van der Waals surface area contributed by atoms with Crippen LogP contribution in [0.5, 0.6) is 5.75 Å². The highest BCUT2D eigenvalue weighted by atomic mass is 32.2. The van der Waals surface area contributed by atoms with Gasteiger partial charge in [-0.3, -0.25) is 14.9 Å². The summed E-state index contributed by atoms with van der Waals surface area (Å²) in [6, 6.07) is 18.8. The van der Waals surface area contributed by atoms with Crippen LogP contribution in [0.1, 0.15) is 15.9 Å². The van der Waals surface area contributed by atoms with Crippen LogP contribution in [0.3, 0.4) is 0 Å². The number of amides is 1. The summed E-state index contributed by atoms with van der Waals surface area (Å²) in [7, 11) is 0. The maximum absolute atomic E-state index is 12.4. The molecule has 4 rings (SSSR count). The lowest BCUT2D eigenvalue weighted by Crippen LogP contribution is -2.11. The summed E-state index contributed by atoms with van der Waals surface area (Å²) < 4.78 is 5.28. The molecule has 0 spiro atoms. The topological polar surface area (TPSA) is 123 Å². The molecule has 160 valence electrons. The second kappa shape index (κ2) is 8.94. The summed E-state index contributed by atoms with van der Waals surface area (Å²) >= 11 is 1.41. The van der Waals surface area contributed by atoms with Crippen molar-refractivity contribution in [3.63, 3.8) is 0 Å². The Morgan fingerprint density at radius 2 is 1.84 bits per heavy atom. The molecule has 0 saturated carbocycles. The van der Waals surface area contributed by atoms with E-state index >= 15 is 0 Å². The van der Waals surface area contributed by atoms with Gasteiger partial charge in [0, 0.05) is 51.0 Å². The van der Waals surface area contributed by atoms with E-state index in [9.17, 15) is 24.8 Å². The SMILES string of the molecule is O=C(Nc1cccc(SCc2cc3ccc(O)cc3oc2=O)c1)c1ccc([N+](=O)[O-])cc1. The zero-order valence-corrected chi connectivity index (χ0v) is 17.3. The van der Waals surface area contributed by atoms with E-state index in [4.69, 9.17) is 4.42 Å². The number of carbonyl (C=O) groups excluding carboxylic acids is 1. The van der Waals surface area contributed by atoms with Gasteiger partial charge < -0.3 is 14.8 Å². The van der Waals surface area contributed by atoms with E-state index in [1.807, 2.05) is 6.07 Å². The molecule has 1 heterocycles. The standard InChI is InChI=1S/C23H16N2O6S/c26-19-9-6-15-10-16(23(28)31-21(15)12-19)13-32-20-3-1-2-17(11-20)24-22(27)14-4-7-18(8-5-14)25(29)30/h1-12,26H,13H2,(H,24,27). The number of nitrogens with zero attached hydrogens (tertiary/aromatic N) is 1. The van der Waals surface area contributed by atoms with Crippen LogP contribution in [-0.2, 0) is 5.75 Å². The number of hydrogen-bond acceptors (Lipinski definition) is 7. The van der Waals surface area contributed by atoms with Crippen molar-refractivity contribution in [2.45, 2.75) is 10.6 Å². The van der Waals surface area contributed by atoms with E-state index in [0.29, 0.717) is 33.5 Å². The van der Waals surface area contributed by atoms with Gasteiger partial charge in [-0.25, -0.2) is 4.79 Å². The van der Waals surface area contributed by atoms with Gasteiger partial charge in [-0.1, -0.05) is 6.07 Å². The minimum absolute atomic E-state index is 0.0235. The van der Waals surface area contributed by atoms with Crippen LogP contribution in [0, 0.1) is 10.1 Å². The molecule has 0 bridgehead atoms. The Hall–Kier alpha value is -4.11. The average Bonchev–Trinajstić information content (AvgIpc) is 2.78. The predicted octanol–water partition coefficient (Wildman–Crippen LogP) is 4.95. The maximum Gasteiger partial charge on any atom is 0.340 e. The number of thioether (sulfide) groups is 1. The number of rotatable bonds is 6. The predicted molar refractivity (Wildman–Crippen MR) is 121 cm³/mol. The molecule has 0 radical (unpaired) electrons. The number of aromatic hydroxyl groups is 1. The van der Waals surface area contributed by atoms with Gasteiger partial charge in [0.1, 0.15) is 11.3 Å². The van der Waals surface area contributed by atoms with E-state index in [2.05, 4.69) is 5.32 Å². The second-order valence-corrected chi connectivity index (χ2v) is 7.90. The van der Waals surface area contributed by atoms with Crippen LogP contribution >= 0.6 is 11.8 Å². The van der Waals surface area contributed by atoms with Crippen LogP contribution < -0.4 is 10.9 Å². The van der Waals surface area contributed by atoms with Crippen molar-refractivity contribution in [1.29, 1.82) is 0 Å². The zero-order chi connectivity index (χ0) is 22.7. The lowest BCUT2D eigenvalue weighted by Gasteiger charge is -2.08. The Kier molecular flexibility index (Phi) is 5.91. The maximum atomic E-state index is 12.4. The summed E-state index contributed by atoms with van der Waals surface area (Å²) in [4.78, 5) is 35.7. The van der Waals surface area contributed by atoms with Crippen molar-refractivity contribution in [2.24, 2.45) is 0 Å². The third-order valence-corrected chi connectivity index (χ3v) is 5.66. The summed E-state index contributed by atoms with van der Waals surface area (Å²) in [5.41, 5.74) is 1.09. The van der Waals surface area contributed by atoms with Gasteiger partial charge in [0.05, 0.1) is 4.92 Å².